The quantitative estimate of drug-likeness (QED) is 0.492. The maximum atomic E-state index is 14.6. The van der Waals surface area contributed by atoms with Crippen LogP contribution in [-0.2, 0) is 11.2 Å². The van der Waals surface area contributed by atoms with Crippen molar-refractivity contribution in [2.75, 3.05) is 26.7 Å². The first-order valence-electron chi connectivity index (χ1n) is 12.8. The molecule has 2 heterocycles. The van der Waals surface area contributed by atoms with E-state index in [2.05, 4.69) is 15.6 Å². The van der Waals surface area contributed by atoms with Crippen molar-refractivity contribution in [3.8, 4) is 0 Å². The Kier molecular flexibility index (Phi) is 9.40. The molecule has 1 atom stereocenters. The second-order valence-corrected chi connectivity index (χ2v) is 10.5. The van der Waals surface area contributed by atoms with Crippen molar-refractivity contribution in [3.63, 3.8) is 0 Å². The van der Waals surface area contributed by atoms with Crippen LogP contribution in [0.5, 0.6) is 0 Å². The van der Waals surface area contributed by atoms with E-state index in [1.54, 1.807) is 26.8 Å². The Morgan fingerprint density at radius 3 is 2.50 bits per heavy atom. The van der Waals surface area contributed by atoms with Crippen LogP contribution in [0.25, 0.3) is 0 Å². The van der Waals surface area contributed by atoms with Gasteiger partial charge in [0.2, 0.25) is 0 Å². The van der Waals surface area contributed by atoms with Crippen molar-refractivity contribution in [1.82, 2.24) is 20.5 Å². The van der Waals surface area contributed by atoms with Crippen molar-refractivity contribution in [2.45, 2.75) is 58.0 Å². The molecular formula is C28H36F2N4O4. The Labute approximate surface area is 222 Å². The van der Waals surface area contributed by atoms with Gasteiger partial charge in [-0.2, -0.15) is 0 Å². The number of alkyl halides is 2. The van der Waals surface area contributed by atoms with Gasteiger partial charge in [-0.1, -0.05) is 30.3 Å². The molecule has 0 spiro atoms. The molecule has 3 amide bonds. The Morgan fingerprint density at radius 1 is 1.13 bits per heavy atom. The number of aromatic nitrogens is 1. The third-order valence-electron chi connectivity index (χ3n) is 6.25. The summed E-state index contributed by atoms with van der Waals surface area (Å²) in [5.74, 6) is -4.76. The topological polar surface area (TPSA) is 101 Å². The maximum Gasteiger partial charge on any atom is 0.410 e. The highest BCUT2D eigenvalue weighted by molar-refractivity contribution is 5.98. The third-order valence-corrected chi connectivity index (χ3v) is 6.25. The normalized spacial score (nSPS) is 17.0. The summed E-state index contributed by atoms with van der Waals surface area (Å²) < 4.78 is 34.5. The Bertz CT molecular complexity index is 1140. The molecule has 8 nitrogen and oxygen atoms in total. The number of hydrogen-bond acceptors (Lipinski definition) is 5. The van der Waals surface area contributed by atoms with Crippen molar-refractivity contribution in [1.29, 1.82) is 0 Å². The van der Waals surface area contributed by atoms with Gasteiger partial charge < -0.3 is 20.3 Å². The van der Waals surface area contributed by atoms with Crippen LogP contribution in [0.2, 0.25) is 0 Å². The van der Waals surface area contributed by atoms with Crippen molar-refractivity contribution in [3.05, 3.63) is 65.0 Å². The van der Waals surface area contributed by atoms with Crippen LogP contribution >= 0.6 is 0 Å². The van der Waals surface area contributed by atoms with Crippen LogP contribution in [0, 0.1) is 5.92 Å². The lowest BCUT2D eigenvalue weighted by Crippen LogP contribution is -2.50. The minimum atomic E-state index is -2.90. The summed E-state index contributed by atoms with van der Waals surface area (Å²) in [6.45, 7) is 5.20. The number of nitrogens with zero attached hydrogens (tertiary/aromatic N) is 2. The number of hydrogen-bond donors (Lipinski definition) is 2. The van der Waals surface area contributed by atoms with E-state index in [1.807, 2.05) is 30.3 Å². The van der Waals surface area contributed by atoms with Gasteiger partial charge in [0, 0.05) is 56.7 Å². The van der Waals surface area contributed by atoms with Crippen molar-refractivity contribution < 1.29 is 27.9 Å². The SMILES string of the molecule is CNC(=O)c1cc(C(=O)NCCCC2CN(C(=O)OC(C)(C)C)CCC2(F)F)cc(Cc2ccccc2)n1. The molecule has 1 aliphatic heterocycles. The molecule has 1 aliphatic rings. The van der Waals surface area contributed by atoms with E-state index in [0.717, 1.165) is 5.56 Å². The smallest absolute Gasteiger partial charge is 0.410 e. The maximum absolute atomic E-state index is 14.6. The number of piperidine rings is 1. The molecule has 0 radical (unpaired) electrons. The van der Waals surface area contributed by atoms with Crippen LogP contribution in [0.15, 0.2) is 42.5 Å². The van der Waals surface area contributed by atoms with Gasteiger partial charge in [0.15, 0.2) is 0 Å². The number of nitrogens with one attached hydrogen (secondary N) is 2. The van der Waals surface area contributed by atoms with Crippen LogP contribution in [0.3, 0.4) is 0 Å². The van der Waals surface area contributed by atoms with E-state index in [-0.39, 0.29) is 37.3 Å². The second-order valence-electron chi connectivity index (χ2n) is 10.5. The van der Waals surface area contributed by atoms with E-state index in [4.69, 9.17) is 4.74 Å². The Hall–Kier alpha value is -3.56. The second kappa shape index (κ2) is 12.3. The molecule has 2 aromatic rings. The molecule has 0 aliphatic carbocycles. The lowest BCUT2D eigenvalue weighted by molar-refractivity contribution is -0.107. The fourth-order valence-corrected chi connectivity index (χ4v) is 4.28. The van der Waals surface area contributed by atoms with Crippen molar-refractivity contribution in [2.24, 2.45) is 5.92 Å². The molecule has 1 saturated heterocycles. The number of benzene rings is 1. The highest BCUT2D eigenvalue weighted by Crippen LogP contribution is 2.36. The first-order chi connectivity index (χ1) is 17.9. The van der Waals surface area contributed by atoms with Crippen LogP contribution < -0.4 is 10.6 Å². The lowest BCUT2D eigenvalue weighted by atomic mass is 9.89. The first-order valence-corrected chi connectivity index (χ1v) is 12.8. The molecule has 1 fully saturated rings. The number of pyridine rings is 1. The highest BCUT2D eigenvalue weighted by atomic mass is 19.3. The molecule has 0 bridgehead atoms. The number of carbonyl (C=O) groups excluding carboxylic acids is 3. The van der Waals surface area contributed by atoms with Gasteiger partial charge in [0.25, 0.3) is 17.7 Å². The van der Waals surface area contributed by atoms with Gasteiger partial charge in [0.05, 0.1) is 0 Å². The summed E-state index contributed by atoms with van der Waals surface area (Å²) in [6.07, 6.45) is -0.143. The molecule has 3 rings (SSSR count). The predicted molar refractivity (Wildman–Crippen MR) is 139 cm³/mol. The van der Waals surface area contributed by atoms with Gasteiger partial charge >= 0.3 is 6.09 Å². The first kappa shape index (κ1) is 29.0. The summed E-state index contributed by atoms with van der Waals surface area (Å²) in [5, 5.41) is 5.28. The number of likely N-dealkylation sites (tertiary alicyclic amines) is 1. The summed E-state index contributed by atoms with van der Waals surface area (Å²) in [5.41, 5.74) is 1.22. The van der Waals surface area contributed by atoms with Gasteiger partial charge in [-0.15, -0.1) is 0 Å². The van der Waals surface area contributed by atoms with Crippen LogP contribution in [0.1, 0.15) is 72.1 Å². The molecular weight excluding hydrogens is 494 g/mol. The number of ether oxygens (including phenoxy) is 1. The fourth-order valence-electron chi connectivity index (χ4n) is 4.28. The van der Waals surface area contributed by atoms with E-state index in [9.17, 15) is 23.2 Å². The number of rotatable bonds is 8. The summed E-state index contributed by atoms with van der Waals surface area (Å²) in [4.78, 5) is 43.2. The standard InChI is InChI=1S/C28H36F2N4O4/c1-27(2,3)38-26(37)34-14-12-28(29,30)21(18-34)11-8-13-32-24(35)20-16-22(15-19-9-6-5-7-10-19)33-23(17-20)25(36)31-4/h5-7,9-10,16-17,21H,8,11-15,18H2,1-4H3,(H,31,36)(H,32,35). The minimum absolute atomic E-state index is 0.0593. The zero-order valence-corrected chi connectivity index (χ0v) is 22.4. The zero-order valence-electron chi connectivity index (χ0n) is 22.4. The van der Waals surface area contributed by atoms with E-state index >= 15 is 0 Å². The van der Waals surface area contributed by atoms with Gasteiger partial charge in [-0.3, -0.25) is 9.59 Å². The minimum Gasteiger partial charge on any atom is -0.444 e. The van der Waals surface area contributed by atoms with E-state index in [1.165, 1.54) is 18.0 Å². The Balaban J connectivity index is 1.60. The molecule has 1 aromatic carbocycles. The lowest BCUT2D eigenvalue weighted by Gasteiger charge is -2.38. The highest BCUT2D eigenvalue weighted by Gasteiger charge is 2.45. The molecule has 206 valence electrons. The largest absolute Gasteiger partial charge is 0.444 e. The number of amides is 3. The average Bonchev–Trinajstić information content (AvgIpc) is 2.86. The van der Waals surface area contributed by atoms with Crippen molar-refractivity contribution >= 4 is 17.9 Å². The van der Waals surface area contributed by atoms with E-state index < -0.39 is 41.8 Å². The van der Waals surface area contributed by atoms with Gasteiger partial charge in [0.1, 0.15) is 11.3 Å². The molecule has 10 heteroatoms. The van der Waals surface area contributed by atoms with Crippen LogP contribution in [0.4, 0.5) is 13.6 Å². The summed E-state index contributed by atoms with van der Waals surface area (Å²) in [6, 6.07) is 12.6. The number of carbonyl (C=O) groups is 3. The summed E-state index contributed by atoms with van der Waals surface area (Å²) in [7, 11) is 1.48. The Morgan fingerprint density at radius 2 is 1.84 bits per heavy atom. The third kappa shape index (κ3) is 8.22. The van der Waals surface area contributed by atoms with E-state index in [0.29, 0.717) is 18.5 Å². The summed E-state index contributed by atoms with van der Waals surface area (Å²) >= 11 is 0. The average molecular weight is 531 g/mol. The molecule has 0 saturated carbocycles. The van der Waals surface area contributed by atoms with Crippen LogP contribution in [-0.4, -0.2) is 66.0 Å². The van der Waals surface area contributed by atoms with Gasteiger partial charge in [-0.05, 0) is 51.3 Å². The molecule has 2 N–H and O–H groups in total. The fraction of sp³-hybridized carbons (Fsp3) is 0.500. The van der Waals surface area contributed by atoms with Gasteiger partial charge in [-0.25, -0.2) is 18.6 Å². The molecule has 1 aromatic heterocycles. The predicted octanol–water partition coefficient (Wildman–Crippen LogP) is 4.43. The number of halogens is 2. The molecule has 1 unspecified atom stereocenters. The monoisotopic (exact) mass is 530 g/mol. The molecule has 38 heavy (non-hydrogen) atoms. The zero-order chi connectivity index (χ0) is 27.9.